The van der Waals surface area contributed by atoms with Crippen LogP contribution >= 0.6 is 0 Å². The van der Waals surface area contributed by atoms with Crippen molar-refractivity contribution in [3.05, 3.63) is 46.3 Å². The number of hydrogen-bond acceptors (Lipinski definition) is 4. The van der Waals surface area contributed by atoms with Crippen molar-refractivity contribution in [2.75, 3.05) is 0 Å². The van der Waals surface area contributed by atoms with Crippen molar-refractivity contribution in [2.24, 2.45) is 0 Å². The summed E-state index contributed by atoms with van der Waals surface area (Å²) in [5, 5.41) is 22.3. The van der Waals surface area contributed by atoms with Crippen molar-refractivity contribution < 1.29 is 10.0 Å². The van der Waals surface area contributed by atoms with Crippen LogP contribution in [0, 0.1) is 10.1 Å². The van der Waals surface area contributed by atoms with E-state index in [1.165, 1.54) is 12.3 Å². The molecule has 1 heterocycles. The van der Waals surface area contributed by atoms with Crippen LogP contribution in [-0.4, -0.2) is 21.1 Å². The number of nitro groups is 1. The Bertz CT molecular complexity index is 613. The number of nitrogens with zero attached hydrogens (tertiary/aromatic N) is 2. The second-order valence-electron chi connectivity index (χ2n) is 4.62. The number of hydrogen-bond donors (Lipinski definition) is 1. The van der Waals surface area contributed by atoms with E-state index in [1.54, 1.807) is 18.3 Å². The molecule has 0 saturated carbocycles. The zero-order chi connectivity index (χ0) is 14.0. The van der Waals surface area contributed by atoms with Crippen LogP contribution in [0.3, 0.4) is 0 Å². The second kappa shape index (κ2) is 5.32. The lowest BCUT2D eigenvalue weighted by Crippen LogP contribution is -2.14. The topological polar surface area (TPSA) is 76.3 Å². The minimum absolute atomic E-state index is 0.0463. The fraction of sp³-hybridized carbons (Fsp3) is 0.357. The van der Waals surface area contributed by atoms with Crippen LogP contribution in [0.5, 0.6) is 0 Å². The van der Waals surface area contributed by atoms with Crippen molar-refractivity contribution in [1.29, 1.82) is 0 Å². The van der Waals surface area contributed by atoms with Gasteiger partial charge in [-0.2, -0.15) is 0 Å². The van der Waals surface area contributed by atoms with Gasteiger partial charge in [0.2, 0.25) is 0 Å². The maximum absolute atomic E-state index is 11.0. The number of rotatable bonds is 4. The van der Waals surface area contributed by atoms with Gasteiger partial charge < -0.3 is 5.11 Å². The van der Waals surface area contributed by atoms with Gasteiger partial charge in [0.05, 0.1) is 16.4 Å². The fourth-order valence-corrected chi connectivity index (χ4v) is 2.32. The van der Waals surface area contributed by atoms with E-state index in [1.807, 2.05) is 13.8 Å². The molecule has 2 atom stereocenters. The molecule has 100 valence electrons. The van der Waals surface area contributed by atoms with Gasteiger partial charge in [-0.1, -0.05) is 19.9 Å². The van der Waals surface area contributed by atoms with Crippen LogP contribution < -0.4 is 0 Å². The van der Waals surface area contributed by atoms with E-state index < -0.39 is 11.0 Å². The predicted octanol–water partition coefficient (Wildman–Crippen LogP) is 3.02. The van der Waals surface area contributed by atoms with Crippen molar-refractivity contribution in [3.8, 4) is 0 Å². The Hall–Kier alpha value is -2.01. The summed E-state index contributed by atoms with van der Waals surface area (Å²) in [6.45, 7) is 3.84. The molecule has 2 aromatic rings. The van der Waals surface area contributed by atoms with E-state index in [0.717, 1.165) is 10.9 Å². The highest BCUT2D eigenvalue weighted by Gasteiger charge is 2.20. The van der Waals surface area contributed by atoms with Crippen LogP contribution in [0.4, 0.5) is 5.69 Å². The molecule has 0 saturated heterocycles. The van der Waals surface area contributed by atoms with Crippen molar-refractivity contribution in [2.45, 2.75) is 32.3 Å². The van der Waals surface area contributed by atoms with Gasteiger partial charge in [0.15, 0.2) is 0 Å². The fourth-order valence-electron chi connectivity index (χ4n) is 2.32. The number of pyridine rings is 1. The standard InChI is InChI=1S/C14H16N2O3/c1-3-14(17)9(2)10-4-5-13(16(18)19)12-8-15-7-6-11(10)12/h4-9,14,17H,3H2,1-2H3. The zero-order valence-electron chi connectivity index (χ0n) is 10.9. The summed E-state index contributed by atoms with van der Waals surface area (Å²) in [7, 11) is 0. The quantitative estimate of drug-likeness (QED) is 0.677. The molecule has 0 aliphatic rings. The number of non-ortho nitro benzene ring substituents is 1. The summed E-state index contributed by atoms with van der Waals surface area (Å²) in [5.74, 6) is -0.0734. The van der Waals surface area contributed by atoms with Crippen LogP contribution in [-0.2, 0) is 0 Å². The summed E-state index contributed by atoms with van der Waals surface area (Å²) in [5.41, 5.74) is 0.961. The third-order valence-corrected chi connectivity index (χ3v) is 3.51. The van der Waals surface area contributed by atoms with Gasteiger partial charge in [0, 0.05) is 24.4 Å². The monoisotopic (exact) mass is 260 g/mol. The summed E-state index contributed by atoms with van der Waals surface area (Å²) in [4.78, 5) is 14.6. The molecule has 2 unspecified atom stereocenters. The summed E-state index contributed by atoms with van der Waals surface area (Å²) < 4.78 is 0. The van der Waals surface area contributed by atoms with Gasteiger partial charge in [-0.15, -0.1) is 0 Å². The Kier molecular flexibility index (Phi) is 3.76. The Labute approximate surface area is 111 Å². The summed E-state index contributed by atoms with van der Waals surface area (Å²) in [6.07, 6.45) is 3.30. The van der Waals surface area contributed by atoms with Crippen LogP contribution in [0.25, 0.3) is 10.8 Å². The minimum atomic E-state index is -0.460. The molecular weight excluding hydrogens is 244 g/mol. The van der Waals surface area contributed by atoms with Gasteiger partial charge in [-0.05, 0) is 23.4 Å². The van der Waals surface area contributed by atoms with E-state index >= 15 is 0 Å². The van der Waals surface area contributed by atoms with E-state index in [2.05, 4.69) is 4.98 Å². The summed E-state index contributed by atoms with van der Waals surface area (Å²) >= 11 is 0. The normalized spacial score (nSPS) is 14.3. The lowest BCUT2D eigenvalue weighted by molar-refractivity contribution is -0.383. The van der Waals surface area contributed by atoms with E-state index in [0.29, 0.717) is 11.8 Å². The lowest BCUT2D eigenvalue weighted by Gasteiger charge is -2.19. The first-order chi connectivity index (χ1) is 9.06. The third kappa shape index (κ3) is 2.42. The van der Waals surface area contributed by atoms with E-state index in [4.69, 9.17) is 0 Å². The molecule has 0 aliphatic carbocycles. The molecule has 1 N–H and O–H groups in total. The third-order valence-electron chi connectivity index (χ3n) is 3.51. The first kappa shape index (κ1) is 13.4. The maximum atomic E-state index is 11.0. The Balaban J connectivity index is 2.65. The number of benzene rings is 1. The molecule has 0 fully saturated rings. The first-order valence-corrected chi connectivity index (χ1v) is 6.25. The summed E-state index contributed by atoms with van der Waals surface area (Å²) in [6, 6.07) is 4.97. The molecule has 2 rings (SSSR count). The number of aliphatic hydroxyl groups is 1. The highest BCUT2D eigenvalue weighted by molar-refractivity contribution is 5.92. The van der Waals surface area contributed by atoms with Crippen molar-refractivity contribution in [1.82, 2.24) is 4.98 Å². The molecule has 0 bridgehead atoms. The van der Waals surface area contributed by atoms with Gasteiger partial charge in [0.25, 0.3) is 5.69 Å². The zero-order valence-corrected chi connectivity index (χ0v) is 10.9. The van der Waals surface area contributed by atoms with Crippen molar-refractivity contribution in [3.63, 3.8) is 0 Å². The van der Waals surface area contributed by atoms with Crippen molar-refractivity contribution >= 4 is 16.5 Å². The average Bonchev–Trinajstić information content (AvgIpc) is 2.44. The van der Waals surface area contributed by atoms with E-state index in [-0.39, 0.29) is 11.6 Å². The number of nitro benzene ring substituents is 1. The number of aliphatic hydroxyl groups excluding tert-OH is 1. The molecule has 5 nitrogen and oxygen atoms in total. The molecule has 1 aromatic carbocycles. The molecule has 0 amide bonds. The Morgan fingerprint density at radius 1 is 1.37 bits per heavy atom. The maximum Gasteiger partial charge on any atom is 0.278 e. The largest absolute Gasteiger partial charge is 0.393 e. The van der Waals surface area contributed by atoms with Gasteiger partial charge in [0.1, 0.15) is 0 Å². The van der Waals surface area contributed by atoms with Gasteiger partial charge >= 0.3 is 0 Å². The SMILES string of the molecule is CCC(O)C(C)c1ccc([N+](=O)[O-])c2cnccc12. The first-order valence-electron chi connectivity index (χ1n) is 6.25. The molecular formula is C14H16N2O3. The second-order valence-corrected chi connectivity index (χ2v) is 4.62. The highest BCUT2D eigenvalue weighted by atomic mass is 16.6. The Morgan fingerprint density at radius 3 is 2.74 bits per heavy atom. The highest BCUT2D eigenvalue weighted by Crippen LogP contribution is 2.33. The molecule has 19 heavy (non-hydrogen) atoms. The predicted molar refractivity (Wildman–Crippen MR) is 73.1 cm³/mol. The van der Waals surface area contributed by atoms with Crippen LogP contribution in [0.15, 0.2) is 30.6 Å². The Morgan fingerprint density at radius 2 is 2.11 bits per heavy atom. The van der Waals surface area contributed by atoms with Gasteiger partial charge in [-0.3, -0.25) is 15.1 Å². The van der Waals surface area contributed by atoms with Crippen LogP contribution in [0.2, 0.25) is 0 Å². The number of aromatic nitrogens is 1. The molecule has 0 spiro atoms. The molecule has 5 heteroatoms. The van der Waals surface area contributed by atoms with Crippen LogP contribution in [0.1, 0.15) is 31.7 Å². The molecule has 0 radical (unpaired) electrons. The average molecular weight is 260 g/mol. The lowest BCUT2D eigenvalue weighted by atomic mass is 9.90. The molecule has 0 aliphatic heterocycles. The minimum Gasteiger partial charge on any atom is -0.393 e. The van der Waals surface area contributed by atoms with Gasteiger partial charge in [-0.25, -0.2) is 0 Å². The van der Waals surface area contributed by atoms with E-state index in [9.17, 15) is 15.2 Å². The smallest absolute Gasteiger partial charge is 0.278 e. The number of fused-ring (bicyclic) bond motifs is 1. The molecule has 1 aromatic heterocycles.